The molecule has 0 unspecified atom stereocenters. The van der Waals surface area contributed by atoms with Crippen molar-refractivity contribution < 1.29 is 9.59 Å². The molecule has 2 amide bonds. The molecule has 154 valence electrons. The normalized spacial score (nSPS) is 13.8. The minimum absolute atomic E-state index is 0.0127. The predicted molar refractivity (Wildman–Crippen MR) is 120 cm³/mol. The van der Waals surface area contributed by atoms with Crippen LogP contribution in [0.3, 0.4) is 0 Å². The van der Waals surface area contributed by atoms with Crippen molar-refractivity contribution in [1.82, 2.24) is 14.9 Å². The number of benzene rings is 1. The van der Waals surface area contributed by atoms with Crippen molar-refractivity contribution in [3.8, 4) is 5.69 Å². The third-order valence-corrected chi connectivity index (χ3v) is 5.60. The van der Waals surface area contributed by atoms with Crippen molar-refractivity contribution in [3.05, 3.63) is 70.1 Å². The predicted octanol–water partition coefficient (Wildman–Crippen LogP) is 3.44. The third-order valence-electron chi connectivity index (χ3n) is 5.11. The second kappa shape index (κ2) is 8.31. The van der Waals surface area contributed by atoms with Gasteiger partial charge < -0.3 is 20.1 Å². The van der Waals surface area contributed by atoms with Crippen molar-refractivity contribution in [2.24, 2.45) is 0 Å². The molecule has 1 aliphatic rings. The van der Waals surface area contributed by atoms with Gasteiger partial charge in [-0.05, 0) is 50.2 Å². The number of halogens is 1. The molecule has 1 saturated heterocycles. The van der Waals surface area contributed by atoms with E-state index in [0.717, 1.165) is 27.4 Å². The van der Waals surface area contributed by atoms with E-state index in [1.54, 1.807) is 12.3 Å². The van der Waals surface area contributed by atoms with Crippen LogP contribution in [-0.4, -0.2) is 41.0 Å². The van der Waals surface area contributed by atoms with Gasteiger partial charge in [0.1, 0.15) is 5.82 Å². The molecule has 1 aliphatic heterocycles. The van der Waals surface area contributed by atoms with Gasteiger partial charge in [0.15, 0.2) is 0 Å². The maximum atomic E-state index is 12.9. The average Bonchev–Trinajstić information content (AvgIpc) is 3.03. The molecular formula is C22H22BrN5O2. The van der Waals surface area contributed by atoms with E-state index in [-0.39, 0.29) is 11.8 Å². The number of pyridine rings is 1. The van der Waals surface area contributed by atoms with Crippen molar-refractivity contribution in [3.63, 3.8) is 0 Å². The SMILES string of the molecule is Cc1cc(C(=O)Nc2ccc(N3CCNC(=O)C3)nc2)c(C)n1-c1cccc(Br)c1. The standard InChI is InChI=1S/C22H22BrN5O2/c1-14-10-19(15(2)28(14)18-5-3-4-16(23)11-18)22(30)26-17-6-7-20(25-12-17)27-9-8-24-21(29)13-27/h3-7,10-12H,8-9,13H2,1-2H3,(H,24,29)(H,26,30). The molecule has 3 aromatic rings. The number of nitrogens with one attached hydrogen (secondary N) is 2. The number of piperazine rings is 1. The minimum atomic E-state index is -0.184. The molecule has 4 rings (SSSR count). The summed E-state index contributed by atoms with van der Waals surface area (Å²) in [4.78, 5) is 30.8. The molecule has 0 atom stereocenters. The van der Waals surface area contributed by atoms with E-state index in [1.807, 2.05) is 55.1 Å². The molecule has 1 fully saturated rings. The highest BCUT2D eigenvalue weighted by molar-refractivity contribution is 9.10. The summed E-state index contributed by atoms with van der Waals surface area (Å²) in [5.74, 6) is 0.521. The Labute approximate surface area is 183 Å². The van der Waals surface area contributed by atoms with Crippen LogP contribution in [-0.2, 0) is 4.79 Å². The lowest BCUT2D eigenvalue weighted by molar-refractivity contribution is -0.120. The van der Waals surface area contributed by atoms with Crippen molar-refractivity contribution in [1.29, 1.82) is 0 Å². The fourth-order valence-electron chi connectivity index (χ4n) is 3.68. The summed E-state index contributed by atoms with van der Waals surface area (Å²) < 4.78 is 3.04. The van der Waals surface area contributed by atoms with E-state index < -0.39 is 0 Å². The van der Waals surface area contributed by atoms with Gasteiger partial charge in [0, 0.05) is 34.6 Å². The lowest BCUT2D eigenvalue weighted by atomic mass is 10.2. The summed E-state index contributed by atoms with van der Waals surface area (Å²) in [5, 5.41) is 5.71. The Balaban J connectivity index is 1.52. The van der Waals surface area contributed by atoms with Gasteiger partial charge >= 0.3 is 0 Å². The Morgan fingerprint density at radius 3 is 2.73 bits per heavy atom. The van der Waals surface area contributed by atoms with Gasteiger partial charge in [-0.25, -0.2) is 4.98 Å². The van der Waals surface area contributed by atoms with Crippen LogP contribution in [0.1, 0.15) is 21.7 Å². The molecule has 8 heteroatoms. The van der Waals surface area contributed by atoms with Gasteiger partial charge in [0.2, 0.25) is 5.91 Å². The summed E-state index contributed by atoms with van der Waals surface area (Å²) in [7, 11) is 0. The fraction of sp³-hybridized carbons (Fsp3) is 0.227. The van der Waals surface area contributed by atoms with Crippen LogP contribution in [0.25, 0.3) is 5.69 Å². The first-order valence-electron chi connectivity index (χ1n) is 9.66. The number of hydrogen-bond acceptors (Lipinski definition) is 4. The summed E-state index contributed by atoms with van der Waals surface area (Å²) in [5.41, 5.74) is 4.07. The first-order valence-corrected chi connectivity index (χ1v) is 10.5. The molecule has 2 aromatic heterocycles. The molecular weight excluding hydrogens is 446 g/mol. The highest BCUT2D eigenvalue weighted by Gasteiger charge is 2.19. The highest BCUT2D eigenvalue weighted by atomic mass is 79.9. The van der Waals surface area contributed by atoms with Gasteiger partial charge in [0.25, 0.3) is 5.91 Å². The first-order chi connectivity index (χ1) is 14.4. The molecule has 2 N–H and O–H groups in total. The van der Waals surface area contributed by atoms with E-state index in [9.17, 15) is 9.59 Å². The molecule has 0 aliphatic carbocycles. The molecule has 30 heavy (non-hydrogen) atoms. The number of aromatic nitrogens is 2. The van der Waals surface area contributed by atoms with E-state index in [1.165, 1.54) is 0 Å². The number of rotatable bonds is 4. The Morgan fingerprint density at radius 1 is 1.20 bits per heavy atom. The zero-order valence-corrected chi connectivity index (χ0v) is 18.4. The molecule has 7 nitrogen and oxygen atoms in total. The second-order valence-corrected chi connectivity index (χ2v) is 8.15. The van der Waals surface area contributed by atoms with Gasteiger partial charge in [-0.3, -0.25) is 9.59 Å². The third kappa shape index (κ3) is 4.09. The van der Waals surface area contributed by atoms with E-state index >= 15 is 0 Å². The summed E-state index contributed by atoms with van der Waals surface area (Å²) in [6.45, 7) is 5.53. The molecule has 1 aromatic carbocycles. The van der Waals surface area contributed by atoms with Crippen LogP contribution in [0.15, 0.2) is 53.1 Å². The van der Waals surface area contributed by atoms with Crippen LogP contribution in [0, 0.1) is 13.8 Å². The number of anilines is 2. The Hall–Kier alpha value is -3.13. The molecule has 0 bridgehead atoms. The monoisotopic (exact) mass is 467 g/mol. The van der Waals surface area contributed by atoms with Crippen molar-refractivity contribution in [2.75, 3.05) is 29.9 Å². The van der Waals surface area contributed by atoms with Gasteiger partial charge in [-0.2, -0.15) is 0 Å². The smallest absolute Gasteiger partial charge is 0.257 e. The molecule has 0 radical (unpaired) electrons. The number of hydrogen-bond donors (Lipinski definition) is 2. The molecule has 3 heterocycles. The van der Waals surface area contributed by atoms with Gasteiger partial charge in [-0.1, -0.05) is 22.0 Å². The zero-order valence-electron chi connectivity index (χ0n) is 16.8. The van der Waals surface area contributed by atoms with E-state index in [2.05, 4.69) is 36.1 Å². The number of aryl methyl sites for hydroxylation is 1. The highest BCUT2D eigenvalue weighted by Crippen LogP contribution is 2.24. The second-order valence-electron chi connectivity index (χ2n) is 7.23. The quantitative estimate of drug-likeness (QED) is 0.615. The van der Waals surface area contributed by atoms with E-state index in [0.29, 0.717) is 30.9 Å². The van der Waals surface area contributed by atoms with Crippen LogP contribution >= 0.6 is 15.9 Å². The molecule has 0 spiro atoms. The van der Waals surface area contributed by atoms with Crippen LogP contribution in [0.4, 0.5) is 11.5 Å². The van der Waals surface area contributed by atoms with Crippen LogP contribution in [0.2, 0.25) is 0 Å². The van der Waals surface area contributed by atoms with Gasteiger partial charge in [0.05, 0.1) is 24.0 Å². The van der Waals surface area contributed by atoms with E-state index in [4.69, 9.17) is 0 Å². The lowest BCUT2D eigenvalue weighted by Crippen LogP contribution is -2.48. The van der Waals surface area contributed by atoms with Crippen LogP contribution in [0.5, 0.6) is 0 Å². The number of carbonyl (C=O) groups is 2. The topological polar surface area (TPSA) is 79.3 Å². The van der Waals surface area contributed by atoms with Gasteiger partial charge in [-0.15, -0.1) is 0 Å². The first kappa shape index (κ1) is 20.2. The molecule has 0 saturated carbocycles. The van der Waals surface area contributed by atoms with Crippen molar-refractivity contribution in [2.45, 2.75) is 13.8 Å². The fourth-order valence-corrected chi connectivity index (χ4v) is 4.07. The number of nitrogens with zero attached hydrogens (tertiary/aromatic N) is 3. The summed E-state index contributed by atoms with van der Waals surface area (Å²) >= 11 is 3.50. The Morgan fingerprint density at radius 2 is 2.03 bits per heavy atom. The zero-order chi connectivity index (χ0) is 21.3. The number of carbonyl (C=O) groups excluding carboxylic acids is 2. The lowest BCUT2D eigenvalue weighted by Gasteiger charge is -2.27. The Bertz CT molecular complexity index is 1110. The largest absolute Gasteiger partial charge is 0.353 e. The Kier molecular flexibility index (Phi) is 5.59. The minimum Gasteiger partial charge on any atom is -0.353 e. The maximum Gasteiger partial charge on any atom is 0.257 e. The van der Waals surface area contributed by atoms with Crippen LogP contribution < -0.4 is 15.5 Å². The summed E-state index contributed by atoms with van der Waals surface area (Å²) in [6.07, 6.45) is 1.62. The maximum absolute atomic E-state index is 12.9. The average molecular weight is 468 g/mol. The summed E-state index contributed by atoms with van der Waals surface area (Å²) in [6, 6.07) is 13.5. The van der Waals surface area contributed by atoms with Crippen molar-refractivity contribution >= 4 is 39.2 Å². The number of amides is 2.